The van der Waals surface area contributed by atoms with E-state index in [1.54, 1.807) is 6.92 Å². The maximum Gasteiger partial charge on any atom is 0.307 e. The van der Waals surface area contributed by atoms with Gasteiger partial charge in [0.2, 0.25) is 0 Å². The summed E-state index contributed by atoms with van der Waals surface area (Å²) in [6.45, 7) is 3.17. The summed E-state index contributed by atoms with van der Waals surface area (Å²) in [7, 11) is 1.99. The number of nitrogens with zero attached hydrogens (tertiary/aromatic N) is 1. The van der Waals surface area contributed by atoms with Crippen molar-refractivity contribution in [3.8, 4) is 0 Å². The summed E-state index contributed by atoms with van der Waals surface area (Å²) in [5, 5.41) is 8.93. The molecule has 0 radical (unpaired) electrons. The van der Waals surface area contributed by atoms with Gasteiger partial charge >= 0.3 is 5.97 Å². The zero-order valence-electron chi connectivity index (χ0n) is 11.9. The van der Waals surface area contributed by atoms with E-state index >= 15 is 0 Å². The lowest BCUT2D eigenvalue weighted by Gasteiger charge is -2.21. The summed E-state index contributed by atoms with van der Waals surface area (Å²) in [5.41, 5.74) is 4.28. The molecule has 1 atom stereocenters. The molecule has 0 saturated heterocycles. The summed E-state index contributed by atoms with van der Waals surface area (Å²) >= 11 is 0. The third-order valence-corrected chi connectivity index (χ3v) is 3.87. The number of aliphatic carboxylic acids is 1. The average Bonchev–Trinajstić information content (AvgIpc) is 2.38. The third-order valence-electron chi connectivity index (χ3n) is 3.87. The molecule has 0 aromatic heterocycles. The van der Waals surface area contributed by atoms with Gasteiger partial charge in [-0.1, -0.05) is 25.1 Å². The number of carbonyl (C=O) groups is 1. The molecule has 0 heterocycles. The van der Waals surface area contributed by atoms with Gasteiger partial charge < -0.3 is 10.0 Å². The molecule has 0 fully saturated rings. The molecule has 1 N–H and O–H groups in total. The Bertz CT molecular complexity index is 456. The van der Waals surface area contributed by atoms with Crippen LogP contribution >= 0.6 is 0 Å². The highest BCUT2D eigenvalue weighted by molar-refractivity contribution is 5.69. The van der Waals surface area contributed by atoms with Gasteiger partial charge in [-0.2, -0.15) is 0 Å². The van der Waals surface area contributed by atoms with E-state index in [-0.39, 0.29) is 5.92 Å². The SMILES string of the molecule is CC(CN(C)Cc1ccc2c(c1)CCCC2)C(=O)O. The Morgan fingerprint density at radius 3 is 2.68 bits per heavy atom. The fraction of sp³-hybridized carbons (Fsp3) is 0.562. The first-order valence-electron chi connectivity index (χ1n) is 7.08. The van der Waals surface area contributed by atoms with Crippen LogP contribution < -0.4 is 0 Å². The van der Waals surface area contributed by atoms with Crippen molar-refractivity contribution in [3.05, 3.63) is 34.9 Å². The predicted molar refractivity (Wildman–Crippen MR) is 76.2 cm³/mol. The molecule has 1 aromatic rings. The summed E-state index contributed by atoms with van der Waals surface area (Å²) < 4.78 is 0. The smallest absolute Gasteiger partial charge is 0.307 e. The number of aryl methyl sites for hydroxylation is 2. The van der Waals surface area contributed by atoms with E-state index in [4.69, 9.17) is 5.11 Å². The van der Waals surface area contributed by atoms with Gasteiger partial charge in [0.15, 0.2) is 0 Å². The molecule has 1 aliphatic carbocycles. The second kappa shape index (κ2) is 6.20. The van der Waals surface area contributed by atoms with Crippen molar-refractivity contribution in [1.29, 1.82) is 0 Å². The molecular weight excluding hydrogens is 238 g/mol. The van der Waals surface area contributed by atoms with Gasteiger partial charge in [-0.15, -0.1) is 0 Å². The molecule has 1 unspecified atom stereocenters. The number of carboxylic acid groups (broad SMARTS) is 1. The maximum absolute atomic E-state index is 10.9. The van der Waals surface area contributed by atoms with Crippen LogP contribution in [0.3, 0.4) is 0 Å². The molecule has 0 saturated carbocycles. The Morgan fingerprint density at radius 1 is 1.32 bits per heavy atom. The number of carboxylic acids is 1. The molecule has 1 aliphatic rings. The zero-order valence-corrected chi connectivity index (χ0v) is 11.9. The van der Waals surface area contributed by atoms with Gasteiger partial charge in [-0.25, -0.2) is 0 Å². The van der Waals surface area contributed by atoms with E-state index in [1.807, 2.05) is 7.05 Å². The minimum atomic E-state index is -0.725. The van der Waals surface area contributed by atoms with Crippen LogP contribution in [0, 0.1) is 5.92 Å². The first-order valence-corrected chi connectivity index (χ1v) is 7.08. The second-order valence-electron chi connectivity index (χ2n) is 5.75. The summed E-state index contributed by atoms with van der Waals surface area (Å²) in [6, 6.07) is 6.74. The molecule has 0 spiro atoms. The van der Waals surface area contributed by atoms with Crippen molar-refractivity contribution < 1.29 is 9.90 Å². The monoisotopic (exact) mass is 261 g/mol. The van der Waals surface area contributed by atoms with Crippen molar-refractivity contribution in [2.75, 3.05) is 13.6 Å². The lowest BCUT2D eigenvalue weighted by molar-refractivity contribution is -0.141. The highest BCUT2D eigenvalue weighted by Crippen LogP contribution is 2.22. The van der Waals surface area contributed by atoms with E-state index < -0.39 is 5.97 Å². The van der Waals surface area contributed by atoms with E-state index in [1.165, 1.54) is 42.4 Å². The Morgan fingerprint density at radius 2 is 2.00 bits per heavy atom. The van der Waals surface area contributed by atoms with Gasteiger partial charge in [0.05, 0.1) is 5.92 Å². The summed E-state index contributed by atoms with van der Waals surface area (Å²) in [6.07, 6.45) is 5.00. The lowest BCUT2D eigenvalue weighted by Crippen LogP contribution is -2.28. The van der Waals surface area contributed by atoms with Gasteiger partial charge in [0.25, 0.3) is 0 Å². The predicted octanol–water partition coefficient (Wildman–Crippen LogP) is 2.72. The largest absolute Gasteiger partial charge is 0.481 e. The number of hydrogen-bond acceptors (Lipinski definition) is 2. The van der Waals surface area contributed by atoms with Gasteiger partial charge in [0.1, 0.15) is 0 Å². The van der Waals surface area contributed by atoms with Crippen LogP contribution in [0.4, 0.5) is 0 Å². The van der Waals surface area contributed by atoms with Crippen LogP contribution in [0.2, 0.25) is 0 Å². The first-order chi connectivity index (χ1) is 9.06. The van der Waals surface area contributed by atoms with Crippen LogP contribution in [0.25, 0.3) is 0 Å². The third kappa shape index (κ3) is 3.80. The second-order valence-corrected chi connectivity index (χ2v) is 5.75. The van der Waals surface area contributed by atoms with Crippen molar-refractivity contribution in [3.63, 3.8) is 0 Å². The van der Waals surface area contributed by atoms with Gasteiger partial charge in [-0.05, 0) is 49.4 Å². The van der Waals surface area contributed by atoms with Crippen LogP contribution in [0.15, 0.2) is 18.2 Å². The summed E-state index contributed by atoms with van der Waals surface area (Å²) in [5.74, 6) is -1.04. The van der Waals surface area contributed by atoms with Gasteiger partial charge in [0, 0.05) is 13.1 Å². The number of fused-ring (bicyclic) bond motifs is 1. The molecule has 104 valence electrons. The molecule has 1 aromatic carbocycles. The fourth-order valence-corrected chi connectivity index (χ4v) is 2.81. The summed E-state index contributed by atoms with van der Waals surface area (Å²) in [4.78, 5) is 12.9. The normalized spacial score (nSPS) is 16.2. The van der Waals surface area contributed by atoms with Crippen LogP contribution in [0.1, 0.15) is 36.5 Å². The first kappa shape index (κ1) is 14.1. The Labute approximate surface area is 115 Å². The Hall–Kier alpha value is -1.35. The zero-order chi connectivity index (χ0) is 13.8. The molecule has 0 aliphatic heterocycles. The highest BCUT2D eigenvalue weighted by atomic mass is 16.4. The van der Waals surface area contributed by atoms with Crippen molar-refractivity contribution in [2.24, 2.45) is 5.92 Å². The maximum atomic E-state index is 10.9. The molecule has 19 heavy (non-hydrogen) atoms. The van der Waals surface area contributed by atoms with Crippen molar-refractivity contribution in [1.82, 2.24) is 4.90 Å². The quantitative estimate of drug-likeness (QED) is 0.886. The molecule has 2 rings (SSSR count). The van der Waals surface area contributed by atoms with E-state index in [2.05, 4.69) is 23.1 Å². The van der Waals surface area contributed by atoms with Crippen LogP contribution in [0.5, 0.6) is 0 Å². The minimum Gasteiger partial charge on any atom is -0.481 e. The van der Waals surface area contributed by atoms with E-state index in [9.17, 15) is 4.79 Å². The molecule has 3 heteroatoms. The fourth-order valence-electron chi connectivity index (χ4n) is 2.81. The topological polar surface area (TPSA) is 40.5 Å². The Kier molecular flexibility index (Phi) is 4.59. The highest BCUT2D eigenvalue weighted by Gasteiger charge is 2.14. The van der Waals surface area contributed by atoms with Crippen molar-refractivity contribution >= 4 is 5.97 Å². The standard InChI is InChI=1S/C16H23NO2/c1-12(16(18)19)10-17(2)11-13-7-8-14-5-3-4-6-15(14)9-13/h7-9,12H,3-6,10-11H2,1-2H3,(H,18,19). The average molecular weight is 261 g/mol. The van der Waals surface area contributed by atoms with E-state index in [0.717, 1.165) is 6.54 Å². The van der Waals surface area contributed by atoms with Gasteiger partial charge in [-0.3, -0.25) is 4.79 Å². The van der Waals surface area contributed by atoms with Crippen LogP contribution in [-0.2, 0) is 24.2 Å². The molecule has 0 amide bonds. The molecular formula is C16H23NO2. The van der Waals surface area contributed by atoms with Crippen LogP contribution in [-0.4, -0.2) is 29.6 Å². The number of rotatable bonds is 5. The number of hydrogen-bond donors (Lipinski definition) is 1. The van der Waals surface area contributed by atoms with E-state index in [0.29, 0.717) is 6.54 Å². The lowest BCUT2D eigenvalue weighted by atomic mass is 9.90. The molecule has 3 nitrogen and oxygen atoms in total. The molecule has 0 bridgehead atoms. The number of benzene rings is 1. The van der Waals surface area contributed by atoms with Crippen molar-refractivity contribution in [2.45, 2.75) is 39.2 Å². The minimum absolute atomic E-state index is 0.317. The Balaban J connectivity index is 1.97.